The minimum Gasteiger partial charge on any atom is -0.397 e. The van der Waals surface area contributed by atoms with E-state index in [1.54, 1.807) is 6.20 Å². The molecule has 1 rings (SSSR count). The van der Waals surface area contributed by atoms with Gasteiger partial charge in [0.15, 0.2) is 0 Å². The van der Waals surface area contributed by atoms with E-state index in [2.05, 4.69) is 37.6 Å². The minimum absolute atomic E-state index is 0.683. The lowest BCUT2D eigenvalue weighted by Crippen LogP contribution is -2.31. The number of hydrogen-bond donors (Lipinski definition) is 1. The topological polar surface area (TPSA) is 42.1 Å². The van der Waals surface area contributed by atoms with E-state index < -0.39 is 0 Å². The molecule has 3 heteroatoms. The molecule has 1 aromatic heterocycles. The predicted molar refractivity (Wildman–Crippen MR) is 73.6 cm³/mol. The number of rotatable bonds is 6. The molecule has 17 heavy (non-hydrogen) atoms. The summed E-state index contributed by atoms with van der Waals surface area (Å²) in [5.74, 6) is 1.37. The fraction of sp³-hybridized carbons (Fsp3) is 0.643. The molecule has 96 valence electrons. The van der Waals surface area contributed by atoms with Crippen LogP contribution in [0.2, 0.25) is 0 Å². The first-order valence-corrected chi connectivity index (χ1v) is 6.40. The number of pyridine rings is 1. The fourth-order valence-corrected chi connectivity index (χ4v) is 1.99. The third kappa shape index (κ3) is 5.68. The van der Waals surface area contributed by atoms with Gasteiger partial charge in [0.1, 0.15) is 0 Å². The van der Waals surface area contributed by atoms with Gasteiger partial charge in [-0.1, -0.05) is 27.7 Å². The van der Waals surface area contributed by atoms with E-state index in [9.17, 15) is 0 Å². The van der Waals surface area contributed by atoms with Gasteiger partial charge in [-0.25, -0.2) is 0 Å². The van der Waals surface area contributed by atoms with E-state index in [0.29, 0.717) is 11.8 Å². The molecule has 0 radical (unpaired) electrons. The zero-order valence-electron chi connectivity index (χ0n) is 11.5. The highest BCUT2D eigenvalue weighted by molar-refractivity contribution is 5.34. The van der Waals surface area contributed by atoms with Gasteiger partial charge >= 0.3 is 0 Å². The lowest BCUT2D eigenvalue weighted by molar-refractivity contribution is 0.209. The maximum absolute atomic E-state index is 5.64. The van der Waals surface area contributed by atoms with Crippen LogP contribution in [-0.4, -0.2) is 23.0 Å². The van der Waals surface area contributed by atoms with Crippen LogP contribution in [0.15, 0.2) is 18.3 Å². The van der Waals surface area contributed by atoms with Crippen LogP contribution in [0.1, 0.15) is 33.4 Å². The highest BCUT2D eigenvalue weighted by Gasteiger charge is 2.10. The molecule has 3 nitrogen and oxygen atoms in total. The Balaban J connectivity index is 2.61. The Morgan fingerprint density at radius 2 is 1.71 bits per heavy atom. The Morgan fingerprint density at radius 1 is 1.12 bits per heavy atom. The van der Waals surface area contributed by atoms with Crippen molar-refractivity contribution in [1.29, 1.82) is 0 Å². The number of aromatic nitrogens is 1. The molecule has 0 aliphatic rings. The second kappa shape index (κ2) is 6.60. The van der Waals surface area contributed by atoms with Crippen molar-refractivity contribution in [1.82, 2.24) is 9.88 Å². The molecular formula is C14H25N3. The smallest absolute Gasteiger partial charge is 0.0545 e. The average Bonchev–Trinajstić information content (AvgIpc) is 2.19. The van der Waals surface area contributed by atoms with Gasteiger partial charge in [-0.2, -0.15) is 0 Å². The van der Waals surface area contributed by atoms with E-state index in [1.165, 1.54) is 0 Å². The van der Waals surface area contributed by atoms with E-state index in [-0.39, 0.29) is 0 Å². The molecule has 1 heterocycles. The molecular weight excluding hydrogens is 210 g/mol. The molecule has 0 atom stereocenters. The zero-order valence-corrected chi connectivity index (χ0v) is 11.5. The van der Waals surface area contributed by atoms with Crippen LogP contribution < -0.4 is 5.73 Å². The van der Waals surface area contributed by atoms with Gasteiger partial charge in [-0.05, 0) is 24.0 Å². The lowest BCUT2D eigenvalue weighted by atomic mass is 10.1. The Kier molecular flexibility index (Phi) is 5.42. The maximum atomic E-state index is 5.64. The molecule has 0 unspecified atom stereocenters. The highest BCUT2D eigenvalue weighted by Crippen LogP contribution is 2.09. The summed E-state index contributed by atoms with van der Waals surface area (Å²) in [6.45, 7) is 12.2. The second-order valence-corrected chi connectivity index (χ2v) is 5.56. The molecule has 0 saturated heterocycles. The van der Waals surface area contributed by atoms with Crippen LogP contribution in [0.5, 0.6) is 0 Å². The van der Waals surface area contributed by atoms with Crippen LogP contribution in [-0.2, 0) is 6.54 Å². The van der Waals surface area contributed by atoms with Gasteiger partial charge < -0.3 is 5.73 Å². The molecule has 0 spiro atoms. The molecule has 1 aromatic rings. The van der Waals surface area contributed by atoms with E-state index in [0.717, 1.165) is 31.0 Å². The normalized spacial score (nSPS) is 11.7. The van der Waals surface area contributed by atoms with Crippen molar-refractivity contribution in [2.45, 2.75) is 34.2 Å². The molecule has 0 fully saturated rings. The molecule has 0 aliphatic carbocycles. The minimum atomic E-state index is 0.683. The summed E-state index contributed by atoms with van der Waals surface area (Å²) in [5.41, 5.74) is 7.47. The average molecular weight is 235 g/mol. The summed E-state index contributed by atoms with van der Waals surface area (Å²) in [5, 5.41) is 0. The fourth-order valence-electron chi connectivity index (χ4n) is 1.99. The van der Waals surface area contributed by atoms with Crippen LogP contribution in [0.4, 0.5) is 5.69 Å². The van der Waals surface area contributed by atoms with E-state index >= 15 is 0 Å². The van der Waals surface area contributed by atoms with Gasteiger partial charge in [0.25, 0.3) is 0 Å². The first kappa shape index (κ1) is 14.0. The van der Waals surface area contributed by atoms with Crippen molar-refractivity contribution in [3.05, 3.63) is 24.0 Å². The summed E-state index contributed by atoms with van der Waals surface area (Å²) in [4.78, 5) is 6.83. The molecule has 2 N–H and O–H groups in total. The van der Waals surface area contributed by atoms with Crippen LogP contribution in [0.25, 0.3) is 0 Å². The molecule has 0 amide bonds. The van der Waals surface area contributed by atoms with Crippen molar-refractivity contribution in [3.63, 3.8) is 0 Å². The SMILES string of the molecule is CC(C)CN(Cc1ccc(N)cn1)CC(C)C. The summed E-state index contributed by atoms with van der Waals surface area (Å²) >= 11 is 0. The molecule has 0 bridgehead atoms. The maximum Gasteiger partial charge on any atom is 0.0545 e. The van der Waals surface area contributed by atoms with Crippen molar-refractivity contribution < 1.29 is 0 Å². The number of anilines is 1. The first-order chi connectivity index (χ1) is 7.97. The number of nitrogens with two attached hydrogens (primary N) is 1. The lowest BCUT2D eigenvalue weighted by Gasteiger charge is -2.25. The number of hydrogen-bond acceptors (Lipinski definition) is 3. The van der Waals surface area contributed by atoms with Gasteiger partial charge in [0, 0.05) is 19.6 Å². The van der Waals surface area contributed by atoms with Crippen molar-refractivity contribution in [3.8, 4) is 0 Å². The second-order valence-electron chi connectivity index (χ2n) is 5.56. The van der Waals surface area contributed by atoms with Gasteiger partial charge in [0.05, 0.1) is 17.6 Å². The summed E-state index contributed by atoms with van der Waals surface area (Å²) in [7, 11) is 0. The summed E-state index contributed by atoms with van der Waals surface area (Å²) < 4.78 is 0. The van der Waals surface area contributed by atoms with Crippen molar-refractivity contribution in [2.75, 3.05) is 18.8 Å². The summed E-state index contributed by atoms with van der Waals surface area (Å²) in [6, 6.07) is 3.94. The molecule has 0 aromatic carbocycles. The van der Waals surface area contributed by atoms with Crippen LogP contribution >= 0.6 is 0 Å². The highest BCUT2D eigenvalue weighted by atomic mass is 15.1. The van der Waals surface area contributed by atoms with Gasteiger partial charge in [0.2, 0.25) is 0 Å². The van der Waals surface area contributed by atoms with Crippen LogP contribution in [0.3, 0.4) is 0 Å². The number of nitrogens with zero attached hydrogens (tertiary/aromatic N) is 2. The van der Waals surface area contributed by atoms with Crippen LogP contribution in [0, 0.1) is 11.8 Å². The third-order valence-electron chi connectivity index (χ3n) is 2.48. The van der Waals surface area contributed by atoms with Gasteiger partial charge in [-0.3, -0.25) is 9.88 Å². The standard InChI is InChI=1S/C14H25N3/c1-11(2)8-17(9-12(3)4)10-14-6-5-13(15)7-16-14/h5-7,11-12H,8-10,15H2,1-4H3. The third-order valence-corrected chi connectivity index (χ3v) is 2.48. The van der Waals surface area contributed by atoms with Crippen molar-refractivity contribution >= 4 is 5.69 Å². The Morgan fingerprint density at radius 3 is 2.12 bits per heavy atom. The van der Waals surface area contributed by atoms with E-state index in [4.69, 9.17) is 5.73 Å². The first-order valence-electron chi connectivity index (χ1n) is 6.40. The largest absolute Gasteiger partial charge is 0.397 e. The quantitative estimate of drug-likeness (QED) is 0.824. The zero-order chi connectivity index (χ0) is 12.8. The monoisotopic (exact) mass is 235 g/mol. The number of nitrogen functional groups attached to an aromatic ring is 1. The Bertz CT molecular complexity index is 307. The van der Waals surface area contributed by atoms with E-state index in [1.807, 2.05) is 12.1 Å². The van der Waals surface area contributed by atoms with Gasteiger partial charge in [-0.15, -0.1) is 0 Å². The molecule has 0 aliphatic heterocycles. The molecule has 0 saturated carbocycles. The Labute approximate surface area is 105 Å². The summed E-state index contributed by atoms with van der Waals surface area (Å²) in [6.07, 6.45) is 1.73. The predicted octanol–water partition coefficient (Wildman–Crippen LogP) is 2.78. The Hall–Kier alpha value is -1.09. The van der Waals surface area contributed by atoms with Crippen molar-refractivity contribution in [2.24, 2.45) is 11.8 Å².